The maximum absolute atomic E-state index is 12.2. The van der Waals surface area contributed by atoms with Gasteiger partial charge in [0.2, 0.25) is 5.91 Å². The van der Waals surface area contributed by atoms with Gasteiger partial charge in [-0.1, -0.05) is 0 Å². The Balaban J connectivity index is 1.58. The third-order valence-corrected chi connectivity index (χ3v) is 4.54. The Labute approximate surface area is 162 Å². The van der Waals surface area contributed by atoms with Crippen molar-refractivity contribution in [3.8, 4) is 22.1 Å². The van der Waals surface area contributed by atoms with Crippen LogP contribution in [0.25, 0.3) is 10.6 Å². The molecule has 5 nitrogen and oxygen atoms in total. The maximum atomic E-state index is 12.2. The number of nitrogens with one attached hydrogen (secondary N) is 1. The molecule has 3 aromatic rings. The van der Waals surface area contributed by atoms with Crippen LogP contribution in [0.15, 0.2) is 53.9 Å². The van der Waals surface area contributed by atoms with Crippen molar-refractivity contribution >= 4 is 22.9 Å². The zero-order valence-corrected chi connectivity index (χ0v) is 15.4. The molecule has 0 unspecified atom stereocenters. The second-order valence-corrected chi connectivity index (χ2v) is 6.53. The number of methoxy groups -OCH3 is 1. The molecular weight excluding hydrogens is 393 g/mol. The fourth-order valence-electron chi connectivity index (χ4n) is 2.36. The molecule has 1 heterocycles. The van der Waals surface area contributed by atoms with Crippen molar-refractivity contribution in [2.45, 2.75) is 12.8 Å². The first-order chi connectivity index (χ1) is 13.3. The molecule has 0 aliphatic rings. The van der Waals surface area contributed by atoms with Crippen molar-refractivity contribution in [2.24, 2.45) is 0 Å². The summed E-state index contributed by atoms with van der Waals surface area (Å²) < 4.78 is 45.4. The SMILES string of the molecule is COc1ccc(-c2nc(CC(=O)Nc3ccc(OC(F)(F)F)cc3)cs2)cc1. The van der Waals surface area contributed by atoms with E-state index in [0.717, 1.165) is 28.5 Å². The molecule has 0 saturated heterocycles. The molecule has 0 saturated carbocycles. The van der Waals surface area contributed by atoms with Crippen molar-refractivity contribution in [2.75, 3.05) is 12.4 Å². The molecule has 0 spiro atoms. The number of thiazole rings is 1. The average molecular weight is 408 g/mol. The number of halogens is 3. The number of hydrogen-bond acceptors (Lipinski definition) is 5. The van der Waals surface area contributed by atoms with Crippen LogP contribution >= 0.6 is 11.3 Å². The van der Waals surface area contributed by atoms with Crippen LogP contribution in [0.4, 0.5) is 18.9 Å². The van der Waals surface area contributed by atoms with Crippen molar-refractivity contribution in [3.05, 3.63) is 59.6 Å². The van der Waals surface area contributed by atoms with Gasteiger partial charge in [-0.3, -0.25) is 4.79 Å². The van der Waals surface area contributed by atoms with E-state index in [4.69, 9.17) is 4.74 Å². The number of anilines is 1. The predicted octanol–water partition coefficient (Wildman–Crippen LogP) is 4.90. The lowest BCUT2D eigenvalue weighted by Gasteiger charge is -2.09. The van der Waals surface area contributed by atoms with E-state index in [9.17, 15) is 18.0 Å². The van der Waals surface area contributed by atoms with Crippen LogP contribution in [0.3, 0.4) is 0 Å². The van der Waals surface area contributed by atoms with Gasteiger partial charge >= 0.3 is 6.36 Å². The van der Waals surface area contributed by atoms with Crippen LogP contribution in [-0.2, 0) is 11.2 Å². The summed E-state index contributed by atoms with van der Waals surface area (Å²) in [5.41, 5.74) is 1.88. The minimum absolute atomic E-state index is 0.0491. The predicted molar refractivity (Wildman–Crippen MR) is 99.6 cm³/mol. The highest BCUT2D eigenvalue weighted by molar-refractivity contribution is 7.13. The molecule has 2 aromatic carbocycles. The maximum Gasteiger partial charge on any atom is 0.573 e. The number of hydrogen-bond donors (Lipinski definition) is 1. The zero-order chi connectivity index (χ0) is 20.1. The molecule has 0 radical (unpaired) electrons. The van der Waals surface area contributed by atoms with Crippen molar-refractivity contribution in [1.82, 2.24) is 4.98 Å². The Morgan fingerprint density at radius 1 is 1.07 bits per heavy atom. The van der Waals surface area contributed by atoms with Crippen molar-refractivity contribution < 1.29 is 27.4 Å². The Morgan fingerprint density at radius 2 is 1.71 bits per heavy atom. The summed E-state index contributed by atoms with van der Waals surface area (Å²) in [5, 5.41) is 5.18. The number of carbonyl (C=O) groups is 1. The van der Waals surface area contributed by atoms with E-state index in [1.165, 1.54) is 23.5 Å². The van der Waals surface area contributed by atoms with Crippen LogP contribution in [0.1, 0.15) is 5.69 Å². The fourth-order valence-corrected chi connectivity index (χ4v) is 3.19. The largest absolute Gasteiger partial charge is 0.573 e. The zero-order valence-electron chi connectivity index (χ0n) is 14.6. The van der Waals surface area contributed by atoms with Crippen LogP contribution in [0, 0.1) is 0 Å². The van der Waals surface area contributed by atoms with Crippen LogP contribution < -0.4 is 14.8 Å². The molecule has 3 rings (SSSR count). The lowest BCUT2D eigenvalue weighted by atomic mass is 10.2. The number of nitrogens with zero attached hydrogens (tertiary/aromatic N) is 1. The van der Waals surface area contributed by atoms with Gasteiger partial charge in [0, 0.05) is 16.6 Å². The third kappa shape index (κ3) is 5.46. The summed E-state index contributed by atoms with van der Waals surface area (Å²) in [5.74, 6) is 0.0664. The standard InChI is InChI=1S/C19H15F3N2O3S/c1-26-15-6-2-12(3-7-15)18-24-14(11-28-18)10-17(25)23-13-4-8-16(9-5-13)27-19(20,21)22/h2-9,11H,10H2,1H3,(H,23,25). The van der Waals surface area contributed by atoms with Crippen LogP contribution in [-0.4, -0.2) is 24.4 Å². The number of benzene rings is 2. The molecule has 0 atom stereocenters. The Hall–Kier alpha value is -3.07. The van der Waals surface area contributed by atoms with Gasteiger partial charge in [0.05, 0.1) is 19.2 Å². The first-order valence-electron chi connectivity index (χ1n) is 8.07. The van der Waals surface area contributed by atoms with Gasteiger partial charge in [0.25, 0.3) is 0 Å². The summed E-state index contributed by atoms with van der Waals surface area (Å²) in [6.45, 7) is 0. The summed E-state index contributed by atoms with van der Waals surface area (Å²) in [6.07, 6.45) is -4.70. The minimum atomic E-state index is -4.75. The highest BCUT2D eigenvalue weighted by Gasteiger charge is 2.30. The van der Waals surface area contributed by atoms with Gasteiger partial charge in [-0.25, -0.2) is 4.98 Å². The topological polar surface area (TPSA) is 60.5 Å². The Kier molecular flexibility index (Phi) is 5.84. The van der Waals surface area contributed by atoms with E-state index in [1.54, 1.807) is 12.5 Å². The highest BCUT2D eigenvalue weighted by atomic mass is 32.1. The van der Waals surface area contributed by atoms with Crippen LogP contribution in [0.5, 0.6) is 11.5 Å². The Morgan fingerprint density at radius 3 is 2.32 bits per heavy atom. The molecule has 0 aliphatic carbocycles. The second-order valence-electron chi connectivity index (χ2n) is 5.67. The molecular formula is C19H15F3N2O3S. The lowest BCUT2D eigenvalue weighted by Crippen LogP contribution is -2.17. The molecule has 0 fully saturated rings. The average Bonchev–Trinajstić information content (AvgIpc) is 3.10. The number of alkyl halides is 3. The van der Waals surface area contributed by atoms with E-state index < -0.39 is 6.36 Å². The fraction of sp³-hybridized carbons (Fsp3) is 0.158. The molecule has 28 heavy (non-hydrogen) atoms. The van der Waals surface area contributed by atoms with E-state index in [2.05, 4.69) is 15.0 Å². The van der Waals surface area contributed by atoms with Gasteiger partial charge < -0.3 is 14.8 Å². The molecule has 1 N–H and O–H groups in total. The van der Waals surface area contributed by atoms with Gasteiger partial charge in [-0.05, 0) is 48.5 Å². The third-order valence-electron chi connectivity index (χ3n) is 3.60. The van der Waals surface area contributed by atoms with Crippen molar-refractivity contribution in [1.29, 1.82) is 0 Å². The monoisotopic (exact) mass is 408 g/mol. The number of aromatic nitrogens is 1. The summed E-state index contributed by atoms with van der Waals surface area (Å²) in [7, 11) is 1.59. The van der Waals surface area contributed by atoms with Crippen molar-refractivity contribution in [3.63, 3.8) is 0 Å². The van der Waals surface area contributed by atoms with E-state index in [1.807, 2.05) is 24.3 Å². The van der Waals surface area contributed by atoms with Gasteiger partial charge in [0.15, 0.2) is 0 Å². The van der Waals surface area contributed by atoms with Crippen LogP contribution in [0.2, 0.25) is 0 Å². The summed E-state index contributed by atoms with van der Waals surface area (Å²) >= 11 is 1.42. The quantitative estimate of drug-likeness (QED) is 0.630. The van der Waals surface area contributed by atoms with E-state index in [0.29, 0.717) is 11.4 Å². The first kappa shape index (κ1) is 19.7. The summed E-state index contributed by atoms with van der Waals surface area (Å²) in [6, 6.07) is 12.4. The van der Waals surface area contributed by atoms with Gasteiger partial charge in [-0.15, -0.1) is 24.5 Å². The van der Waals surface area contributed by atoms with Gasteiger partial charge in [-0.2, -0.15) is 0 Å². The number of rotatable bonds is 6. The number of ether oxygens (including phenoxy) is 2. The normalized spacial score (nSPS) is 11.1. The molecule has 146 valence electrons. The summed E-state index contributed by atoms with van der Waals surface area (Å²) in [4.78, 5) is 16.6. The second kappa shape index (κ2) is 8.30. The van der Waals surface area contributed by atoms with E-state index in [-0.39, 0.29) is 18.1 Å². The van der Waals surface area contributed by atoms with E-state index >= 15 is 0 Å². The molecule has 1 amide bonds. The van der Waals surface area contributed by atoms with Gasteiger partial charge in [0.1, 0.15) is 16.5 Å². The first-order valence-corrected chi connectivity index (χ1v) is 8.95. The lowest BCUT2D eigenvalue weighted by molar-refractivity contribution is -0.274. The number of amides is 1. The molecule has 1 aromatic heterocycles. The smallest absolute Gasteiger partial charge is 0.497 e. The highest BCUT2D eigenvalue weighted by Crippen LogP contribution is 2.26. The molecule has 0 aliphatic heterocycles. The minimum Gasteiger partial charge on any atom is -0.497 e. The number of carbonyl (C=O) groups excluding carboxylic acids is 1. The Bertz CT molecular complexity index is 938. The molecule has 0 bridgehead atoms. The molecule has 9 heteroatoms.